The molecule has 2 aromatic heterocycles. The molecule has 3 aromatic rings. The second kappa shape index (κ2) is 11.7. The molecular formula is C29H34F3N5O4. The van der Waals surface area contributed by atoms with Crippen molar-refractivity contribution in [2.24, 2.45) is 11.8 Å². The van der Waals surface area contributed by atoms with Crippen LogP contribution in [0.25, 0.3) is 22.3 Å². The normalized spacial score (nSPS) is 21.1. The lowest BCUT2D eigenvalue weighted by atomic mass is 9.82. The number of H-pyrrole nitrogens is 1. The van der Waals surface area contributed by atoms with Gasteiger partial charge >= 0.3 is 6.18 Å². The number of fused-ring (bicyclic) bond motifs is 1. The highest BCUT2D eigenvalue weighted by atomic mass is 19.4. The van der Waals surface area contributed by atoms with E-state index in [0.717, 1.165) is 25.0 Å². The summed E-state index contributed by atoms with van der Waals surface area (Å²) < 4.78 is 51.7. The zero-order valence-electron chi connectivity index (χ0n) is 23.2. The molecule has 3 unspecified atom stereocenters. The molecule has 0 radical (unpaired) electrons. The number of nitrogens with one attached hydrogen (secondary N) is 3. The van der Waals surface area contributed by atoms with Gasteiger partial charge in [0.05, 0.1) is 23.3 Å². The lowest BCUT2D eigenvalue weighted by Gasteiger charge is -2.35. The van der Waals surface area contributed by atoms with Crippen LogP contribution in [0.3, 0.4) is 0 Å². The summed E-state index contributed by atoms with van der Waals surface area (Å²) in [5.41, 5.74) is 1.13. The maximum Gasteiger partial charge on any atom is 0.416 e. The smallest absolute Gasteiger partial charge is 0.416 e. The zero-order valence-corrected chi connectivity index (χ0v) is 23.2. The molecular weight excluding hydrogens is 539 g/mol. The summed E-state index contributed by atoms with van der Waals surface area (Å²) in [4.78, 5) is 37.2. The number of benzene rings is 1. The number of methoxy groups -OCH3 is 1. The Kier molecular flexibility index (Phi) is 8.21. The second-order valence-electron chi connectivity index (χ2n) is 11.1. The molecule has 5 rings (SSSR count). The highest BCUT2D eigenvalue weighted by molar-refractivity contribution is 6.09. The van der Waals surface area contributed by atoms with Gasteiger partial charge in [-0.1, -0.05) is 6.92 Å². The number of hydrogen-bond donors (Lipinski definition) is 3. The van der Waals surface area contributed by atoms with E-state index in [9.17, 15) is 22.8 Å². The average Bonchev–Trinajstić information content (AvgIpc) is 3.68. The van der Waals surface area contributed by atoms with E-state index in [-0.39, 0.29) is 47.7 Å². The predicted molar refractivity (Wildman–Crippen MR) is 145 cm³/mol. The SMILES string of the molecule is COCC(=O)NC1CCC(NC(=O)c2c(C)[nH]c3c(-c4cc(C(F)(F)F)ccc4OCC4CC4)ncnc23)CC1C. The predicted octanol–water partition coefficient (Wildman–Crippen LogP) is 4.79. The summed E-state index contributed by atoms with van der Waals surface area (Å²) >= 11 is 0. The average molecular weight is 574 g/mol. The number of rotatable bonds is 9. The number of aryl methyl sites for hydroxylation is 1. The van der Waals surface area contributed by atoms with Gasteiger partial charge in [-0.2, -0.15) is 13.2 Å². The second-order valence-corrected chi connectivity index (χ2v) is 11.1. The Labute approximate surface area is 235 Å². The third-order valence-corrected chi connectivity index (χ3v) is 7.86. The summed E-state index contributed by atoms with van der Waals surface area (Å²) in [7, 11) is 1.47. The molecule has 3 atom stereocenters. The van der Waals surface area contributed by atoms with E-state index in [1.807, 2.05) is 6.92 Å². The summed E-state index contributed by atoms with van der Waals surface area (Å²) in [5.74, 6) is 0.345. The molecule has 9 nitrogen and oxygen atoms in total. The van der Waals surface area contributed by atoms with Gasteiger partial charge in [0.1, 0.15) is 29.9 Å². The maximum atomic E-state index is 13.6. The Hall–Kier alpha value is -3.67. The van der Waals surface area contributed by atoms with Gasteiger partial charge in [-0.15, -0.1) is 0 Å². The van der Waals surface area contributed by atoms with Gasteiger partial charge in [-0.05, 0) is 69.1 Å². The summed E-state index contributed by atoms with van der Waals surface area (Å²) in [5, 5.41) is 6.08. The topological polar surface area (TPSA) is 118 Å². The van der Waals surface area contributed by atoms with E-state index in [2.05, 4.69) is 25.6 Å². The first-order valence-electron chi connectivity index (χ1n) is 13.8. The van der Waals surface area contributed by atoms with Crippen molar-refractivity contribution in [3.63, 3.8) is 0 Å². The molecule has 2 saturated carbocycles. The number of aromatic amines is 1. The van der Waals surface area contributed by atoms with E-state index in [4.69, 9.17) is 9.47 Å². The molecule has 2 fully saturated rings. The Bertz CT molecular complexity index is 1440. The minimum atomic E-state index is -4.55. The Morgan fingerprint density at radius 1 is 1.12 bits per heavy atom. The van der Waals surface area contributed by atoms with Crippen LogP contribution in [0, 0.1) is 18.8 Å². The van der Waals surface area contributed by atoms with Crippen LogP contribution >= 0.6 is 0 Å². The summed E-state index contributed by atoms with van der Waals surface area (Å²) in [6.45, 7) is 4.18. The first-order valence-corrected chi connectivity index (χ1v) is 13.8. The van der Waals surface area contributed by atoms with Crippen LogP contribution in [-0.2, 0) is 15.7 Å². The Morgan fingerprint density at radius 2 is 1.90 bits per heavy atom. The molecule has 0 bridgehead atoms. The number of carbonyl (C=O) groups excluding carboxylic acids is 2. The summed E-state index contributed by atoms with van der Waals surface area (Å²) in [6, 6.07) is 3.25. The Balaban J connectivity index is 1.40. The van der Waals surface area contributed by atoms with Gasteiger partial charge in [0.25, 0.3) is 5.91 Å². The van der Waals surface area contributed by atoms with E-state index < -0.39 is 11.7 Å². The molecule has 2 aliphatic rings. The number of halogens is 3. The van der Waals surface area contributed by atoms with Crippen LogP contribution in [0.5, 0.6) is 5.75 Å². The molecule has 3 N–H and O–H groups in total. The molecule has 12 heteroatoms. The lowest BCUT2D eigenvalue weighted by molar-refractivity contribution is -0.137. The molecule has 0 aliphatic heterocycles. The number of alkyl halides is 3. The van der Waals surface area contributed by atoms with E-state index in [0.29, 0.717) is 59.8 Å². The van der Waals surface area contributed by atoms with Crippen molar-refractivity contribution in [3.8, 4) is 17.0 Å². The van der Waals surface area contributed by atoms with Crippen molar-refractivity contribution in [2.75, 3.05) is 20.3 Å². The van der Waals surface area contributed by atoms with Gasteiger partial charge in [-0.25, -0.2) is 9.97 Å². The van der Waals surface area contributed by atoms with E-state index in [1.54, 1.807) is 6.92 Å². The number of aromatic nitrogens is 3. The number of ether oxygens (including phenoxy) is 2. The molecule has 1 aromatic carbocycles. The van der Waals surface area contributed by atoms with Crippen molar-refractivity contribution in [1.82, 2.24) is 25.6 Å². The highest BCUT2D eigenvalue weighted by Gasteiger charge is 2.33. The molecule has 0 spiro atoms. The van der Waals surface area contributed by atoms with Crippen LogP contribution in [0.15, 0.2) is 24.5 Å². The molecule has 41 heavy (non-hydrogen) atoms. The van der Waals surface area contributed by atoms with Gasteiger partial charge in [0, 0.05) is 30.5 Å². The fourth-order valence-electron chi connectivity index (χ4n) is 5.49. The molecule has 0 saturated heterocycles. The fraction of sp³-hybridized carbons (Fsp3) is 0.517. The number of hydrogen-bond acceptors (Lipinski definition) is 6. The zero-order chi connectivity index (χ0) is 29.3. The maximum absolute atomic E-state index is 13.6. The van der Waals surface area contributed by atoms with Crippen molar-refractivity contribution in [2.45, 2.75) is 64.2 Å². The van der Waals surface area contributed by atoms with Crippen molar-refractivity contribution >= 4 is 22.8 Å². The van der Waals surface area contributed by atoms with Crippen LogP contribution in [-0.4, -0.2) is 59.2 Å². The van der Waals surface area contributed by atoms with Crippen molar-refractivity contribution in [3.05, 3.63) is 41.3 Å². The van der Waals surface area contributed by atoms with Crippen LogP contribution in [0.1, 0.15) is 60.6 Å². The molecule has 2 aliphatic carbocycles. The number of nitrogens with zero attached hydrogens (tertiary/aromatic N) is 2. The van der Waals surface area contributed by atoms with E-state index in [1.165, 1.54) is 19.5 Å². The van der Waals surface area contributed by atoms with Gasteiger partial charge in [-0.3, -0.25) is 9.59 Å². The Morgan fingerprint density at radius 3 is 2.59 bits per heavy atom. The quantitative estimate of drug-likeness (QED) is 0.339. The molecule has 2 amide bonds. The minimum Gasteiger partial charge on any atom is -0.493 e. The number of amides is 2. The van der Waals surface area contributed by atoms with Gasteiger partial charge in [0.15, 0.2) is 0 Å². The van der Waals surface area contributed by atoms with Crippen molar-refractivity contribution in [1.29, 1.82) is 0 Å². The fourth-order valence-corrected chi connectivity index (χ4v) is 5.49. The highest BCUT2D eigenvalue weighted by Crippen LogP contribution is 2.40. The van der Waals surface area contributed by atoms with Gasteiger partial charge in [0.2, 0.25) is 5.91 Å². The van der Waals surface area contributed by atoms with Crippen molar-refractivity contribution < 1.29 is 32.2 Å². The third-order valence-electron chi connectivity index (χ3n) is 7.86. The van der Waals surface area contributed by atoms with Crippen LogP contribution < -0.4 is 15.4 Å². The molecule has 2 heterocycles. The first-order chi connectivity index (χ1) is 19.5. The van der Waals surface area contributed by atoms with E-state index >= 15 is 0 Å². The third kappa shape index (κ3) is 6.47. The summed E-state index contributed by atoms with van der Waals surface area (Å²) in [6.07, 6.45) is 0.840. The lowest BCUT2D eigenvalue weighted by Crippen LogP contribution is -2.48. The monoisotopic (exact) mass is 573 g/mol. The standard InChI is InChI=1S/C29H34F3N5O4/c1-15-10-19(7-8-21(15)37-23(38)13-40-3)36-28(39)24-16(2)35-27-25(33-14-34-26(24)27)20-11-18(29(30,31)32)6-9-22(20)41-12-17-4-5-17/h6,9,11,14-15,17,19,21,35H,4-5,7-8,10,12-13H2,1-3H3,(H,36,39)(H,37,38). The minimum absolute atomic E-state index is 0.000262. The van der Waals surface area contributed by atoms with Crippen LogP contribution in [0.2, 0.25) is 0 Å². The molecule has 220 valence electrons. The first kappa shape index (κ1) is 28.8. The van der Waals surface area contributed by atoms with Gasteiger partial charge < -0.3 is 25.1 Å². The van der Waals surface area contributed by atoms with Crippen LogP contribution in [0.4, 0.5) is 13.2 Å². The largest absolute Gasteiger partial charge is 0.493 e. The number of carbonyl (C=O) groups is 2.